The van der Waals surface area contributed by atoms with Gasteiger partial charge >= 0.3 is 0 Å². The fourth-order valence-corrected chi connectivity index (χ4v) is 2.91. The maximum absolute atomic E-state index is 13.5. The molecule has 0 aliphatic carbocycles. The van der Waals surface area contributed by atoms with Gasteiger partial charge in [-0.15, -0.1) is 0 Å². The minimum atomic E-state index is -0.285. The second kappa shape index (κ2) is 8.35. The van der Waals surface area contributed by atoms with Gasteiger partial charge in [-0.3, -0.25) is 0 Å². The van der Waals surface area contributed by atoms with Crippen molar-refractivity contribution in [3.63, 3.8) is 0 Å². The van der Waals surface area contributed by atoms with Gasteiger partial charge in [0.25, 0.3) is 0 Å². The zero-order valence-corrected chi connectivity index (χ0v) is 15.7. The van der Waals surface area contributed by atoms with Gasteiger partial charge in [-0.1, -0.05) is 15.9 Å². The van der Waals surface area contributed by atoms with Crippen molar-refractivity contribution in [1.82, 2.24) is 5.32 Å². The van der Waals surface area contributed by atoms with Gasteiger partial charge in [0.15, 0.2) is 11.5 Å². The second-order valence-corrected chi connectivity index (χ2v) is 6.14. The van der Waals surface area contributed by atoms with E-state index in [1.54, 1.807) is 27.4 Å². The summed E-state index contributed by atoms with van der Waals surface area (Å²) < 4.78 is 30.4. The Balaban J connectivity index is 2.17. The summed E-state index contributed by atoms with van der Waals surface area (Å²) in [5.74, 6) is 1.69. The van der Waals surface area contributed by atoms with Crippen LogP contribution in [0.3, 0.4) is 0 Å². The molecule has 0 heterocycles. The van der Waals surface area contributed by atoms with E-state index in [4.69, 9.17) is 14.2 Å². The van der Waals surface area contributed by atoms with Gasteiger partial charge < -0.3 is 19.5 Å². The third-order valence-electron chi connectivity index (χ3n) is 3.81. The third kappa shape index (κ3) is 4.19. The van der Waals surface area contributed by atoms with E-state index in [2.05, 4.69) is 21.2 Å². The van der Waals surface area contributed by atoms with E-state index in [-0.39, 0.29) is 11.9 Å². The van der Waals surface area contributed by atoms with E-state index in [1.165, 1.54) is 12.1 Å². The third-order valence-corrected chi connectivity index (χ3v) is 4.55. The fourth-order valence-electron chi connectivity index (χ4n) is 2.45. The molecule has 0 bridgehead atoms. The molecule has 130 valence electrons. The summed E-state index contributed by atoms with van der Waals surface area (Å²) in [6, 6.07) is 8.19. The summed E-state index contributed by atoms with van der Waals surface area (Å²) in [6.45, 7) is 2.54. The molecule has 0 fully saturated rings. The number of hydrogen-bond acceptors (Lipinski definition) is 4. The van der Waals surface area contributed by atoms with E-state index in [9.17, 15) is 4.39 Å². The van der Waals surface area contributed by atoms with Crippen molar-refractivity contribution < 1.29 is 18.6 Å². The predicted molar refractivity (Wildman–Crippen MR) is 95.5 cm³/mol. The van der Waals surface area contributed by atoms with Crippen LogP contribution in [0, 0.1) is 5.82 Å². The molecular formula is C18H21BrFNO3. The van der Waals surface area contributed by atoms with E-state index in [1.807, 2.05) is 19.1 Å². The van der Waals surface area contributed by atoms with Crippen LogP contribution < -0.4 is 19.5 Å². The van der Waals surface area contributed by atoms with E-state index in [0.717, 1.165) is 15.6 Å². The average molecular weight is 398 g/mol. The van der Waals surface area contributed by atoms with Crippen molar-refractivity contribution in [2.24, 2.45) is 0 Å². The lowest BCUT2D eigenvalue weighted by Gasteiger charge is -2.19. The molecule has 4 nitrogen and oxygen atoms in total. The van der Waals surface area contributed by atoms with Gasteiger partial charge in [0.2, 0.25) is 0 Å². The van der Waals surface area contributed by atoms with Crippen molar-refractivity contribution >= 4 is 15.9 Å². The Kier molecular flexibility index (Phi) is 6.45. The molecule has 0 aromatic heterocycles. The molecule has 6 heteroatoms. The highest BCUT2D eigenvalue weighted by Crippen LogP contribution is 2.34. The molecule has 1 N–H and O–H groups in total. The molecule has 0 radical (unpaired) electrons. The van der Waals surface area contributed by atoms with Crippen LogP contribution in [-0.2, 0) is 6.54 Å². The molecule has 2 rings (SSSR count). The second-order valence-electron chi connectivity index (χ2n) is 5.29. The highest BCUT2D eigenvalue weighted by atomic mass is 79.9. The molecule has 0 saturated heterocycles. The van der Waals surface area contributed by atoms with Crippen LogP contribution in [0.1, 0.15) is 24.1 Å². The summed E-state index contributed by atoms with van der Waals surface area (Å²) in [6.07, 6.45) is 0. The first kappa shape index (κ1) is 18.5. The van der Waals surface area contributed by atoms with E-state index >= 15 is 0 Å². The highest BCUT2D eigenvalue weighted by molar-refractivity contribution is 9.10. The van der Waals surface area contributed by atoms with Crippen LogP contribution in [0.4, 0.5) is 4.39 Å². The number of halogens is 2. The number of ether oxygens (including phenoxy) is 3. The molecule has 1 atom stereocenters. The van der Waals surface area contributed by atoms with Crippen LogP contribution >= 0.6 is 15.9 Å². The monoisotopic (exact) mass is 397 g/mol. The van der Waals surface area contributed by atoms with Gasteiger partial charge in [-0.05, 0) is 42.8 Å². The zero-order chi connectivity index (χ0) is 17.7. The molecule has 24 heavy (non-hydrogen) atoms. The molecule has 2 aromatic carbocycles. The van der Waals surface area contributed by atoms with Crippen molar-refractivity contribution in [3.8, 4) is 17.2 Å². The molecule has 0 amide bonds. The number of benzene rings is 2. The van der Waals surface area contributed by atoms with Gasteiger partial charge in [-0.25, -0.2) is 4.39 Å². The number of methoxy groups -OCH3 is 3. The Labute approximate surface area is 150 Å². The minimum absolute atomic E-state index is 0.0874. The number of hydrogen-bond donors (Lipinski definition) is 1. The fraction of sp³-hybridized carbons (Fsp3) is 0.333. The average Bonchev–Trinajstić information content (AvgIpc) is 2.59. The number of rotatable bonds is 7. The highest BCUT2D eigenvalue weighted by Gasteiger charge is 2.14. The SMILES string of the molecule is COc1cc(Br)c(CNC(C)c2cc(F)ccc2OC)cc1OC. The summed E-state index contributed by atoms with van der Waals surface area (Å²) >= 11 is 3.54. The predicted octanol–water partition coefficient (Wildman–Crippen LogP) is 4.46. The Morgan fingerprint density at radius 2 is 1.62 bits per heavy atom. The first-order chi connectivity index (χ1) is 11.5. The van der Waals surface area contributed by atoms with Crippen molar-refractivity contribution in [1.29, 1.82) is 0 Å². The first-order valence-corrected chi connectivity index (χ1v) is 8.26. The quantitative estimate of drug-likeness (QED) is 0.748. The van der Waals surface area contributed by atoms with Crippen LogP contribution in [0.2, 0.25) is 0 Å². The lowest BCUT2D eigenvalue weighted by Crippen LogP contribution is -2.19. The Morgan fingerprint density at radius 3 is 2.25 bits per heavy atom. The summed E-state index contributed by atoms with van der Waals surface area (Å²) in [5.41, 5.74) is 1.78. The van der Waals surface area contributed by atoms with Crippen LogP contribution in [0.5, 0.6) is 17.2 Å². The molecule has 0 saturated carbocycles. The van der Waals surface area contributed by atoms with E-state index in [0.29, 0.717) is 23.8 Å². The molecule has 1 unspecified atom stereocenters. The lowest BCUT2D eigenvalue weighted by molar-refractivity contribution is 0.354. The van der Waals surface area contributed by atoms with Crippen molar-refractivity contribution in [3.05, 3.63) is 51.7 Å². The van der Waals surface area contributed by atoms with Gasteiger partial charge in [0, 0.05) is 22.6 Å². The summed E-state index contributed by atoms with van der Waals surface area (Å²) in [7, 11) is 4.78. The first-order valence-electron chi connectivity index (χ1n) is 7.47. The summed E-state index contributed by atoms with van der Waals surface area (Å²) in [5, 5.41) is 3.37. The van der Waals surface area contributed by atoms with Crippen LogP contribution in [-0.4, -0.2) is 21.3 Å². The number of nitrogens with one attached hydrogen (secondary N) is 1. The van der Waals surface area contributed by atoms with E-state index < -0.39 is 0 Å². The molecule has 0 spiro atoms. The standard InChI is InChI=1S/C18H21BrFNO3/c1-11(14-8-13(20)5-6-16(14)22-2)21-10-12-7-17(23-3)18(24-4)9-15(12)19/h5-9,11,21H,10H2,1-4H3. The maximum Gasteiger partial charge on any atom is 0.161 e. The van der Waals surface area contributed by atoms with Gasteiger partial charge in [-0.2, -0.15) is 0 Å². The van der Waals surface area contributed by atoms with Crippen LogP contribution in [0.15, 0.2) is 34.8 Å². The topological polar surface area (TPSA) is 39.7 Å². The van der Waals surface area contributed by atoms with Gasteiger partial charge in [0.05, 0.1) is 21.3 Å². The molecule has 0 aliphatic rings. The van der Waals surface area contributed by atoms with Crippen molar-refractivity contribution in [2.75, 3.05) is 21.3 Å². The molecule has 2 aromatic rings. The minimum Gasteiger partial charge on any atom is -0.496 e. The Bertz CT molecular complexity index is 709. The normalized spacial score (nSPS) is 11.9. The maximum atomic E-state index is 13.5. The molecule has 0 aliphatic heterocycles. The summed E-state index contributed by atoms with van der Waals surface area (Å²) in [4.78, 5) is 0. The Hall–Kier alpha value is -1.79. The van der Waals surface area contributed by atoms with Crippen molar-refractivity contribution in [2.45, 2.75) is 19.5 Å². The Morgan fingerprint density at radius 1 is 1.00 bits per heavy atom. The smallest absolute Gasteiger partial charge is 0.161 e. The lowest BCUT2D eigenvalue weighted by atomic mass is 10.1. The van der Waals surface area contributed by atoms with Gasteiger partial charge in [0.1, 0.15) is 11.6 Å². The van der Waals surface area contributed by atoms with Crippen LogP contribution in [0.25, 0.3) is 0 Å². The largest absolute Gasteiger partial charge is 0.496 e. The molecular weight excluding hydrogens is 377 g/mol. The zero-order valence-electron chi connectivity index (χ0n) is 14.2.